The number of alkyl halides is 3. The maximum atomic E-state index is 11.9. The molecule has 0 aliphatic carbocycles. The summed E-state index contributed by atoms with van der Waals surface area (Å²) in [6.07, 6.45) is -4.87. The van der Waals surface area contributed by atoms with E-state index in [1.165, 1.54) is 12.1 Å². The van der Waals surface area contributed by atoms with Crippen molar-refractivity contribution < 1.29 is 27.8 Å². The molecule has 106 valence electrons. The van der Waals surface area contributed by atoms with Gasteiger partial charge in [0.2, 0.25) is 0 Å². The Morgan fingerprint density at radius 3 is 2.42 bits per heavy atom. The van der Waals surface area contributed by atoms with E-state index in [1.807, 2.05) is 0 Å². The number of hydrogen-bond donors (Lipinski definition) is 2. The molecule has 0 bridgehead atoms. The van der Waals surface area contributed by atoms with Crippen LogP contribution < -0.4 is 10.1 Å². The number of aliphatic hydroxyl groups is 1. The zero-order valence-corrected chi connectivity index (χ0v) is 10.2. The van der Waals surface area contributed by atoms with E-state index in [1.54, 1.807) is 6.92 Å². The first-order valence-corrected chi connectivity index (χ1v) is 5.60. The molecule has 1 aromatic carbocycles. The molecule has 2 N–H and O–H groups in total. The molecule has 1 atom stereocenters. The third kappa shape index (κ3) is 6.10. The number of carbonyl (C=O) groups excluding carboxylic acids is 1. The van der Waals surface area contributed by atoms with Crippen LogP contribution in [0.1, 0.15) is 23.7 Å². The fourth-order valence-corrected chi connectivity index (χ4v) is 1.30. The van der Waals surface area contributed by atoms with E-state index < -0.39 is 18.4 Å². The van der Waals surface area contributed by atoms with Gasteiger partial charge in [0.05, 0.1) is 6.10 Å². The predicted octanol–water partition coefficient (Wildman–Crippen LogP) is 2.09. The summed E-state index contributed by atoms with van der Waals surface area (Å²) in [5, 5.41) is 11.5. The minimum absolute atomic E-state index is 0.222. The third-order valence-electron chi connectivity index (χ3n) is 2.20. The number of hydrogen-bond acceptors (Lipinski definition) is 3. The number of nitrogens with one attached hydrogen (secondary N) is 1. The molecule has 0 saturated carbocycles. The molecular weight excluding hydrogens is 263 g/mol. The van der Waals surface area contributed by atoms with E-state index in [2.05, 4.69) is 10.1 Å². The van der Waals surface area contributed by atoms with Gasteiger partial charge in [-0.25, -0.2) is 0 Å². The number of carbonyl (C=O) groups is 1. The molecule has 0 spiro atoms. The zero-order chi connectivity index (χ0) is 14.5. The summed E-state index contributed by atoms with van der Waals surface area (Å²) in [6, 6.07) is 4.60. The fourth-order valence-electron chi connectivity index (χ4n) is 1.30. The van der Waals surface area contributed by atoms with Gasteiger partial charge < -0.3 is 15.2 Å². The van der Waals surface area contributed by atoms with Crippen molar-refractivity contribution in [1.82, 2.24) is 5.32 Å². The lowest BCUT2D eigenvalue weighted by atomic mass is 10.2. The molecule has 0 fully saturated rings. The Bertz CT molecular complexity index is 415. The molecule has 1 amide bonds. The average Bonchev–Trinajstić information content (AvgIpc) is 2.27. The SMILES string of the molecule is CC(O)CCNC(=O)c1ccc(OC(F)(F)F)cc1. The summed E-state index contributed by atoms with van der Waals surface area (Å²) in [4.78, 5) is 11.6. The quantitative estimate of drug-likeness (QED) is 0.866. The van der Waals surface area contributed by atoms with Gasteiger partial charge in [-0.05, 0) is 37.6 Å². The second-order valence-corrected chi connectivity index (χ2v) is 3.97. The topological polar surface area (TPSA) is 58.6 Å². The van der Waals surface area contributed by atoms with Crippen LogP contribution in [0.2, 0.25) is 0 Å². The first-order valence-electron chi connectivity index (χ1n) is 5.60. The summed E-state index contributed by atoms with van der Waals surface area (Å²) in [6.45, 7) is 1.88. The van der Waals surface area contributed by atoms with Gasteiger partial charge in [-0.15, -0.1) is 13.2 Å². The van der Waals surface area contributed by atoms with Crippen LogP contribution in [0.3, 0.4) is 0 Å². The molecule has 0 aliphatic heterocycles. The largest absolute Gasteiger partial charge is 0.573 e. The van der Waals surface area contributed by atoms with Gasteiger partial charge in [0.15, 0.2) is 0 Å². The first kappa shape index (κ1) is 15.3. The Balaban J connectivity index is 2.53. The Labute approximate surface area is 108 Å². The van der Waals surface area contributed by atoms with Gasteiger partial charge in [0, 0.05) is 12.1 Å². The maximum Gasteiger partial charge on any atom is 0.573 e. The van der Waals surface area contributed by atoms with Crippen LogP contribution in [0.5, 0.6) is 5.75 Å². The van der Waals surface area contributed by atoms with Crippen LogP contribution in [0, 0.1) is 0 Å². The number of rotatable bonds is 5. The van der Waals surface area contributed by atoms with E-state index in [-0.39, 0.29) is 17.9 Å². The van der Waals surface area contributed by atoms with Crippen LogP contribution >= 0.6 is 0 Å². The lowest BCUT2D eigenvalue weighted by molar-refractivity contribution is -0.274. The Hall–Kier alpha value is -1.76. The molecule has 4 nitrogen and oxygen atoms in total. The molecule has 1 unspecified atom stereocenters. The highest BCUT2D eigenvalue weighted by atomic mass is 19.4. The van der Waals surface area contributed by atoms with Crippen molar-refractivity contribution in [2.45, 2.75) is 25.8 Å². The zero-order valence-electron chi connectivity index (χ0n) is 10.2. The number of benzene rings is 1. The normalized spacial score (nSPS) is 12.9. The lowest BCUT2D eigenvalue weighted by Crippen LogP contribution is -2.26. The number of aliphatic hydroxyl groups excluding tert-OH is 1. The summed E-state index contributed by atoms with van der Waals surface area (Å²) in [5.41, 5.74) is 0.222. The van der Waals surface area contributed by atoms with Crippen molar-refractivity contribution in [3.05, 3.63) is 29.8 Å². The lowest BCUT2D eigenvalue weighted by Gasteiger charge is -2.10. The summed E-state index contributed by atoms with van der Waals surface area (Å²) in [7, 11) is 0. The molecule has 19 heavy (non-hydrogen) atoms. The Morgan fingerprint density at radius 2 is 1.95 bits per heavy atom. The highest BCUT2D eigenvalue weighted by Crippen LogP contribution is 2.22. The van der Waals surface area contributed by atoms with Crippen molar-refractivity contribution in [3.63, 3.8) is 0 Å². The molecule has 0 radical (unpaired) electrons. The van der Waals surface area contributed by atoms with Crippen molar-refractivity contribution in [2.24, 2.45) is 0 Å². The molecule has 7 heteroatoms. The van der Waals surface area contributed by atoms with E-state index in [0.717, 1.165) is 12.1 Å². The second kappa shape index (κ2) is 6.42. The first-order chi connectivity index (χ1) is 8.78. The standard InChI is InChI=1S/C12H14F3NO3/c1-8(17)6-7-16-11(18)9-2-4-10(5-3-9)19-12(13,14)15/h2-5,8,17H,6-7H2,1H3,(H,16,18). The summed E-state index contributed by atoms with van der Waals surface area (Å²) < 4.78 is 39.4. The minimum atomic E-state index is -4.75. The Kier molecular flexibility index (Phi) is 5.17. The van der Waals surface area contributed by atoms with Gasteiger partial charge in [-0.2, -0.15) is 0 Å². The van der Waals surface area contributed by atoms with Crippen molar-refractivity contribution in [3.8, 4) is 5.75 Å². The fraction of sp³-hybridized carbons (Fsp3) is 0.417. The van der Waals surface area contributed by atoms with Crippen LogP contribution in [-0.4, -0.2) is 30.0 Å². The van der Waals surface area contributed by atoms with Gasteiger partial charge in [-0.1, -0.05) is 0 Å². The van der Waals surface area contributed by atoms with Crippen molar-refractivity contribution in [2.75, 3.05) is 6.54 Å². The summed E-state index contributed by atoms with van der Waals surface area (Å²) in [5.74, 6) is -0.799. The maximum absolute atomic E-state index is 11.9. The van der Waals surface area contributed by atoms with Crippen LogP contribution in [0.4, 0.5) is 13.2 Å². The van der Waals surface area contributed by atoms with E-state index in [0.29, 0.717) is 6.42 Å². The van der Waals surface area contributed by atoms with Crippen molar-refractivity contribution >= 4 is 5.91 Å². The highest BCUT2D eigenvalue weighted by molar-refractivity contribution is 5.94. The van der Waals surface area contributed by atoms with Crippen molar-refractivity contribution in [1.29, 1.82) is 0 Å². The number of halogens is 3. The smallest absolute Gasteiger partial charge is 0.406 e. The van der Waals surface area contributed by atoms with Gasteiger partial charge in [-0.3, -0.25) is 4.79 Å². The molecule has 0 aliphatic rings. The third-order valence-corrected chi connectivity index (χ3v) is 2.20. The van der Waals surface area contributed by atoms with E-state index >= 15 is 0 Å². The number of amides is 1. The second-order valence-electron chi connectivity index (χ2n) is 3.97. The van der Waals surface area contributed by atoms with Crippen LogP contribution in [-0.2, 0) is 0 Å². The Morgan fingerprint density at radius 1 is 1.37 bits per heavy atom. The molecular formula is C12H14F3NO3. The molecule has 0 saturated heterocycles. The summed E-state index contributed by atoms with van der Waals surface area (Å²) >= 11 is 0. The number of ether oxygens (including phenoxy) is 1. The highest BCUT2D eigenvalue weighted by Gasteiger charge is 2.31. The van der Waals surface area contributed by atoms with Crippen LogP contribution in [0.15, 0.2) is 24.3 Å². The monoisotopic (exact) mass is 277 g/mol. The molecule has 1 rings (SSSR count). The average molecular weight is 277 g/mol. The van der Waals surface area contributed by atoms with E-state index in [4.69, 9.17) is 5.11 Å². The molecule has 0 aromatic heterocycles. The van der Waals surface area contributed by atoms with Gasteiger partial charge in [0.1, 0.15) is 5.75 Å². The van der Waals surface area contributed by atoms with Crippen LogP contribution in [0.25, 0.3) is 0 Å². The van der Waals surface area contributed by atoms with Gasteiger partial charge in [0.25, 0.3) is 5.91 Å². The predicted molar refractivity (Wildman–Crippen MR) is 61.8 cm³/mol. The molecule has 0 heterocycles. The van der Waals surface area contributed by atoms with E-state index in [9.17, 15) is 18.0 Å². The van der Waals surface area contributed by atoms with Gasteiger partial charge >= 0.3 is 6.36 Å². The molecule has 1 aromatic rings. The minimum Gasteiger partial charge on any atom is -0.406 e.